The van der Waals surface area contributed by atoms with Crippen LogP contribution in [-0.2, 0) is 6.54 Å². The minimum atomic E-state index is 0.486. The Labute approximate surface area is 92.3 Å². The average molecular weight is 210 g/mol. The molecule has 15 heavy (non-hydrogen) atoms. The second kappa shape index (κ2) is 5.88. The molecular formula is C11H22N4. The molecule has 0 aliphatic rings. The largest absolute Gasteiger partial charge is 0.331 e. The van der Waals surface area contributed by atoms with Crippen molar-refractivity contribution in [2.45, 2.75) is 26.4 Å². The molecule has 1 N–H and O–H groups in total. The maximum atomic E-state index is 4.20. The van der Waals surface area contributed by atoms with Gasteiger partial charge in [-0.2, -0.15) is 0 Å². The molecular weight excluding hydrogens is 188 g/mol. The fourth-order valence-electron chi connectivity index (χ4n) is 1.58. The van der Waals surface area contributed by atoms with Gasteiger partial charge in [0.05, 0.1) is 12.0 Å². The van der Waals surface area contributed by atoms with E-state index in [-0.39, 0.29) is 0 Å². The van der Waals surface area contributed by atoms with Crippen LogP contribution >= 0.6 is 0 Å². The van der Waals surface area contributed by atoms with E-state index in [9.17, 15) is 0 Å². The molecule has 0 saturated carbocycles. The quantitative estimate of drug-likeness (QED) is 0.763. The Kier molecular flexibility index (Phi) is 4.78. The zero-order chi connectivity index (χ0) is 11.3. The molecule has 4 heteroatoms. The second-order valence-corrected chi connectivity index (χ2v) is 4.23. The van der Waals surface area contributed by atoms with Crippen LogP contribution in [-0.4, -0.2) is 41.6 Å². The molecule has 0 aliphatic heterocycles. The van der Waals surface area contributed by atoms with E-state index >= 15 is 0 Å². The fraction of sp³-hybridized carbons (Fsp3) is 0.727. The van der Waals surface area contributed by atoms with Gasteiger partial charge in [0, 0.05) is 31.9 Å². The molecule has 0 saturated heterocycles. The van der Waals surface area contributed by atoms with Crippen LogP contribution in [0.4, 0.5) is 0 Å². The van der Waals surface area contributed by atoms with Crippen LogP contribution in [0.15, 0.2) is 12.5 Å². The Morgan fingerprint density at radius 3 is 2.87 bits per heavy atom. The molecule has 0 radical (unpaired) electrons. The van der Waals surface area contributed by atoms with Crippen LogP contribution < -0.4 is 5.32 Å². The highest BCUT2D eigenvalue weighted by Crippen LogP contribution is 2.10. The SMILES string of the molecule is CNCCN(C)Cc1cncn1C(C)C. The zero-order valence-electron chi connectivity index (χ0n) is 10.2. The monoisotopic (exact) mass is 210 g/mol. The van der Waals surface area contributed by atoms with Crippen molar-refractivity contribution in [3.63, 3.8) is 0 Å². The van der Waals surface area contributed by atoms with Crippen molar-refractivity contribution >= 4 is 0 Å². The summed E-state index contributed by atoms with van der Waals surface area (Å²) in [6, 6.07) is 0.486. The smallest absolute Gasteiger partial charge is 0.0951 e. The Hall–Kier alpha value is -0.870. The van der Waals surface area contributed by atoms with Gasteiger partial charge in [0.25, 0.3) is 0 Å². The van der Waals surface area contributed by atoms with Crippen LogP contribution in [0.1, 0.15) is 25.6 Å². The molecule has 0 amide bonds. The van der Waals surface area contributed by atoms with Gasteiger partial charge in [-0.3, -0.25) is 4.90 Å². The third kappa shape index (κ3) is 3.64. The third-order valence-electron chi connectivity index (χ3n) is 2.48. The van der Waals surface area contributed by atoms with Crippen molar-refractivity contribution in [1.82, 2.24) is 19.8 Å². The van der Waals surface area contributed by atoms with E-state index in [4.69, 9.17) is 0 Å². The first-order valence-electron chi connectivity index (χ1n) is 5.49. The summed E-state index contributed by atoms with van der Waals surface area (Å²) >= 11 is 0. The second-order valence-electron chi connectivity index (χ2n) is 4.23. The number of imidazole rings is 1. The van der Waals surface area contributed by atoms with Gasteiger partial charge in [-0.1, -0.05) is 0 Å². The maximum absolute atomic E-state index is 4.20. The highest BCUT2D eigenvalue weighted by molar-refractivity contribution is 4.99. The fourth-order valence-corrected chi connectivity index (χ4v) is 1.58. The number of rotatable bonds is 6. The van der Waals surface area contributed by atoms with Gasteiger partial charge in [0.1, 0.15) is 0 Å². The molecule has 1 aromatic rings. The Balaban J connectivity index is 2.52. The normalized spacial score (nSPS) is 11.6. The first-order valence-corrected chi connectivity index (χ1v) is 5.49. The van der Waals surface area contributed by atoms with Crippen molar-refractivity contribution in [3.8, 4) is 0 Å². The number of aromatic nitrogens is 2. The number of likely N-dealkylation sites (N-methyl/N-ethyl adjacent to an activating group) is 2. The van der Waals surface area contributed by atoms with Gasteiger partial charge < -0.3 is 9.88 Å². The van der Waals surface area contributed by atoms with Gasteiger partial charge in [-0.05, 0) is 27.9 Å². The van der Waals surface area contributed by atoms with E-state index in [0.717, 1.165) is 19.6 Å². The first kappa shape index (κ1) is 12.2. The van der Waals surface area contributed by atoms with E-state index in [1.54, 1.807) is 0 Å². The van der Waals surface area contributed by atoms with Crippen LogP contribution in [0.5, 0.6) is 0 Å². The molecule has 0 spiro atoms. The lowest BCUT2D eigenvalue weighted by atomic mass is 10.3. The Morgan fingerprint density at radius 1 is 1.53 bits per heavy atom. The molecule has 0 unspecified atom stereocenters. The van der Waals surface area contributed by atoms with E-state index in [2.05, 4.69) is 40.7 Å². The summed E-state index contributed by atoms with van der Waals surface area (Å²) in [6.07, 6.45) is 3.86. The lowest BCUT2D eigenvalue weighted by molar-refractivity contribution is 0.316. The summed E-state index contributed by atoms with van der Waals surface area (Å²) in [5, 5.41) is 3.15. The third-order valence-corrected chi connectivity index (χ3v) is 2.48. The first-order chi connectivity index (χ1) is 7.15. The molecule has 0 fully saturated rings. The highest BCUT2D eigenvalue weighted by atomic mass is 15.2. The predicted molar refractivity (Wildman–Crippen MR) is 62.9 cm³/mol. The summed E-state index contributed by atoms with van der Waals surface area (Å²) in [4.78, 5) is 6.50. The average Bonchev–Trinajstić information content (AvgIpc) is 2.62. The van der Waals surface area contributed by atoms with Crippen molar-refractivity contribution in [3.05, 3.63) is 18.2 Å². The van der Waals surface area contributed by atoms with Crippen LogP contribution in [0.25, 0.3) is 0 Å². The summed E-state index contributed by atoms with van der Waals surface area (Å²) in [5.41, 5.74) is 1.28. The van der Waals surface area contributed by atoms with E-state index in [1.165, 1.54) is 5.69 Å². The maximum Gasteiger partial charge on any atom is 0.0951 e. The molecule has 0 bridgehead atoms. The van der Waals surface area contributed by atoms with Gasteiger partial charge >= 0.3 is 0 Å². The molecule has 86 valence electrons. The number of nitrogens with one attached hydrogen (secondary N) is 1. The van der Waals surface area contributed by atoms with Gasteiger partial charge in [0.2, 0.25) is 0 Å². The Morgan fingerprint density at radius 2 is 2.27 bits per heavy atom. The minimum Gasteiger partial charge on any atom is -0.331 e. The molecule has 1 rings (SSSR count). The summed E-state index contributed by atoms with van der Waals surface area (Å²) in [6.45, 7) is 7.39. The van der Waals surface area contributed by atoms with Gasteiger partial charge in [-0.25, -0.2) is 4.98 Å². The minimum absolute atomic E-state index is 0.486. The molecule has 1 aromatic heterocycles. The standard InChI is InChI=1S/C11H22N4/c1-10(2)15-9-13-7-11(15)8-14(4)6-5-12-3/h7,9-10,12H,5-6,8H2,1-4H3. The summed E-state index contributed by atoms with van der Waals surface area (Å²) in [7, 11) is 4.11. The number of hydrogen-bond acceptors (Lipinski definition) is 3. The number of hydrogen-bond donors (Lipinski definition) is 1. The molecule has 0 aromatic carbocycles. The summed E-state index contributed by atoms with van der Waals surface area (Å²) in [5.74, 6) is 0. The lowest BCUT2D eigenvalue weighted by Crippen LogP contribution is -2.27. The van der Waals surface area contributed by atoms with Crippen molar-refractivity contribution in [1.29, 1.82) is 0 Å². The molecule has 4 nitrogen and oxygen atoms in total. The van der Waals surface area contributed by atoms with Gasteiger partial charge in [-0.15, -0.1) is 0 Å². The topological polar surface area (TPSA) is 33.1 Å². The Bertz CT molecular complexity index is 280. The predicted octanol–water partition coefficient (Wildman–Crippen LogP) is 1.12. The van der Waals surface area contributed by atoms with E-state index in [0.29, 0.717) is 6.04 Å². The van der Waals surface area contributed by atoms with Crippen molar-refractivity contribution in [2.75, 3.05) is 27.2 Å². The molecule has 1 heterocycles. The van der Waals surface area contributed by atoms with Crippen LogP contribution in [0, 0.1) is 0 Å². The molecule has 0 aliphatic carbocycles. The molecule has 0 atom stereocenters. The van der Waals surface area contributed by atoms with Crippen LogP contribution in [0.3, 0.4) is 0 Å². The highest BCUT2D eigenvalue weighted by Gasteiger charge is 2.07. The number of nitrogens with zero attached hydrogens (tertiary/aromatic N) is 3. The van der Waals surface area contributed by atoms with Crippen LogP contribution in [0.2, 0.25) is 0 Å². The van der Waals surface area contributed by atoms with Crippen molar-refractivity contribution < 1.29 is 0 Å². The zero-order valence-corrected chi connectivity index (χ0v) is 10.2. The summed E-state index contributed by atoms with van der Waals surface area (Å²) < 4.78 is 2.22. The van der Waals surface area contributed by atoms with Gasteiger partial charge in [0.15, 0.2) is 0 Å². The lowest BCUT2D eigenvalue weighted by Gasteiger charge is -2.18. The van der Waals surface area contributed by atoms with Crippen molar-refractivity contribution in [2.24, 2.45) is 0 Å². The van der Waals surface area contributed by atoms with E-state index in [1.807, 2.05) is 19.6 Å². The van der Waals surface area contributed by atoms with E-state index < -0.39 is 0 Å².